The SMILES string of the molecule is Nc1nc(-c2ccc(Cl)c(C(F)(F)F)c2)c(C(=O)c2ccccc2Cl)s1. The van der Waals surface area contributed by atoms with Crippen molar-refractivity contribution in [2.45, 2.75) is 6.18 Å². The molecule has 1 heterocycles. The Morgan fingerprint density at radius 3 is 2.42 bits per heavy atom. The van der Waals surface area contributed by atoms with Crippen molar-refractivity contribution in [1.82, 2.24) is 4.98 Å². The molecule has 3 nitrogen and oxygen atoms in total. The highest BCUT2D eigenvalue weighted by atomic mass is 35.5. The Bertz CT molecular complexity index is 1000. The van der Waals surface area contributed by atoms with E-state index in [1.165, 1.54) is 12.1 Å². The number of hydrogen-bond acceptors (Lipinski definition) is 4. The fraction of sp³-hybridized carbons (Fsp3) is 0.0588. The van der Waals surface area contributed by atoms with Crippen LogP contribution in [0.3, 0.4) is 0 Å². The third-order valence-electron chi connectivity index (χ3n) is 3.51. The average Bonchev–Trinajstić information content (AvgIpc) is 2.96. The van der Waals surface area contributed by atoms with E-state index in [0.29, 0.717) is 0 Å². The molecule has 3 aromatic rings. The second kappa shape index (κ2) is 6.90. The van der Waals surface area contributed by atoms with Gasteiger partial charge < -0.3 is 5.73 Å². The van der Waals surface area contributed by atoms with E-state index in [1.807, 2.05) is 0 Å². The van der Waals surface area contributed by atoms with Crippen LogP contribution in [-0.2, 0) is 6.18 Å². The lowest BCUT2D eigenvalue weighted by atomic mass is 10.0. The summed E-state index contributed by atoms with van der Waals surface area (Å²) in [4.78, 5) is 16.9. The van der Waals surface area contributed by atoms with Crippen LogP contribution in [0, 0.1) is 0 Å². The Morgan fingerprint density at radius 1 is 1.08 bits per heavy atom. The van der Waals surface area contributed by atoms with Gasteiger partial charge in [0.25, 0.3) is 0 Å². The van der Waals surface area contributed by atoms with Crippen molar-refractivity contribution >= 4 is 45.5 Å². The Balaban J connectivity index is 2.15. The van der Waals surface area contributed by atoms with E-state index in [-0.39, 0.29) is 31.9 Å². The smallest absolute Gasteiger partial charge is 0.375 e. The van der Waals surface area contributed by atoms with Crippen LogP contribution in [0.2, 0.25) is 10.0 Å². The summed E-state index contributed by atoms with van der Waals surface area (Å²) in [6, 6.07) is 9.67. The monoisotopic (exact) mass is 416 g/mol. The van der Waals surface area contributed by atoms with Crippen LogP contribution in [0.15, 0.2) is 42.5 Å². The van der Waals surface area contributed by atoms with Crippen molar-refractivity contribution in [3.63, 3.8) is 0 Å². The molecule has 0 fully saturated rings. The van der Waals surface area contributed by atoms with Gasteiger partial charge in [0.2, 0.25) is 5.78 Å². The van der Waals surface area contributed by atoms with Gasteiger partial charge in [-0.3, -0.25) is 4.79 Å². The van der Waals surface area contributed by atoms with Gasteiger partial charge in [0.1, 0.15) is 4.88 Å². The molecule has 0 atom stereocenters. The molecule has 0 saturated heterocycles. The summed E-state index contributed by atoms with van der Waals surface area (Å²) >= 11 is 12.6. The van der Waals surface area contributed by atoms with Gasteiger partial charge in [-0.05, 0) is 24.3 Å². The van der Waals surface area contributed by atoms with E-state index in [1.54, 1.807) is 18.2 Å². The highest BCUT2D eigenvalue weighted by Gasteiger charge is 2.34. The quantitative estimate of drug-likeness (QED) is 0.536. The number of alkyl halides is 3. The van der Waals surface area contributed by atoms with Crippen LogP contribution in [0.5, 0.6) is 0 Å². The standard InChI is InChI=1S/C17H9Cl2F3N2OS/c18-11-4-2-1-3-9(11)14(25)15-13(24-16(23)26-15)8-5-6-12(19)10(7-8)17(20,21)22/h1-7H,(H2,23,24). The normalized spacial score (nSPS) is 11.6. The number of nitrogen functional groups attached to an aromatic ring is 1. The number of carbonyl (C=O) groups is 1. The molecule has 0 radical (unpaired) electrons. The van der Waals surface area contributed by atoms with E-state index in [9.17, 15) is 18.0 Å². The zero-order valence-electron chi connectivity index (χ0n) is 12.8. The van der Waals surface area contributed by atoms with Crippen LogP contribution in [-0.4, -0.2) is 10.8 Å². The van der Waals surface area contributed by atoms with Gasteiger partial charge >= 0.3 is 6.18 Å². The van der Waals surface area contributed by atoms with Crippen molar-refractivity contribution < 1.29 is 18.0 Å². The molecule has 0 bridgehead atoms. The van der Waals surface area contributed by atoms with Crippen LogP contribution in [0.4, 0.5) is 18.3 Å². The number of anilines is 1. The summed E-state index contributed by atoms with van der Waals surface area (Å²) in [6.07, 6.45) is -4.64. The van der Waals surface area contributed by atoms with Crippen LogP contribution in [0.1, 0.15) is 20.8 Å². The molecule has 0 aliphatic carbocycles. The third-order valence-corrected chi connectivity index (χ3v) is 5.06. The van der Waals surface area contributed by atoms with Crippen molar-refractivity contribution in [2.24, 2.45) is 0 Å². The molecule has 1 aromatic heterocycles. The number of thiazole rings is 1. The first kappa shape index (κ1) is 18.7. The number of nitrogens with zero attached hydrogens (tertiary/aromatic N) is 1. The minimum absolute atomic E-state index is 0.0545. The molecular formula is C17H9Cl2F3N2OS. The first-order chi connectivity index (χ1) is 12.2. The lowest BCUT2D eigenvalue weighted by molar-refractivity contribution is -0.137. The Kier molecular flexibility index (Phi) is 4.96. The predicted octanol–water partition coefficient (Wildman–Crippen LogP) is 5.95. The molecule has 0 saturated carbocycles. The first-order valence-electron chi connectivity index (χ1n) is 7.11. The number of rotatable bonds is 3. The van der Waals surface area contributed by atoms with Crippen molar-refractivity contribution in [3.8, 4) is 11.3 Å². The number of aromatic nitrogens is 1. The summed E-state index contributed by atoms with van der Waals surface area (Å²) < 4.78 is 39.3. The average molecular weight is 417 g/mol. The topological polar surface area (TPSA) is 56.0 Å². The Hall–Kier alpha value is -2.09. The number of ketones is 1. The largest absolute Gasteiger partial charge is 0.417 e. The summed E-state index contributed by atoms with van der Waals surface area (Å²) in [6.45, 7) is 0. The molecule has 2 aromatic carbocycles. The number of benzene rings is 2. The predicted molar refractivity (Wildman–Crippen MR) is 96.9 cm³/mol. The number of carbonyl (C=O) groups excluding carboxylic acids is 1. The number of halogens is 5. The molecule has 0 aliphatic heterocycles. The first-order valence-corrected chi connectivity index (χ1v) is 8.68. The molecule has 0 amide bonds. The lowest BCUT2D eigenvalue weighted by Crippen LogP contribution is -2.07. The van der Waals surface area contributed by atoms with E-state index in [4.69, 9.17) is 28.9 Å². The second-order valence-corrected chi connectivity index (χ2v) is 7.08. The van der Waals surface area contributed by atoms with Gasteiger partial charge in [0, 0.05) is 11.1 Å². The highest BCUT2D eigenvalue weighted by molar-refractivity contribution is 7.18. The van der Waals surface area contributed by atoms with Crippen molar-refractivity contribution in [3.05, 3.63) is 68.5 Å². The molecule has 0 spiro atoms. The third kappa shape index (κ3) is 3.56. The van der Waals surface area contributed by atoms with Gasteiger partial charge in [-0.2, -0.15) is 13.2 Å². The molecule has 26 heavy (non-hydrogen) atoms. The number of nitrogens with two attached hydrogens (primary N) is 1. The minimum atomic E-state index is -4.64. The van der Waals surface area contributed by atoms with Gasteiger partial charge in [-0.25, -0.2) is 4.98 Å². The van der Waals surface area contributed by atoms with Gasteiger partial charge in [-0.15, -0.1) is 0 Å². The van der Waals surface area contributed by atoms with Crippen molar-refractivity contribution in [1.29, 1.82) is 0 Å². The maximum absolute atomic E-state index is 13.1. The van der Waals surface area contributed by atoms with E-state index >= 15 is 0 Å². The summed E-state index contributed by atoms with van der Waals surface area (Å²) in [5, 5.41) is -0.162. The molecule has 9 heteroatoms. The van der Waals surface area contributed by atoms with Gasteiger partial charge in [0.05, 0.1) is 21.3 Å². The summed E-state index contributed by atoms with van der Waals surface area (Å²) in [7, 11) is 0. The zero-order chi connectivity index (χ0) is 19.1. The second-order valence-electron chi connectivity index (χ2n) is 5.23. The maximum atomic E-state index is 13.1. The van der Waals surface area contributed by atoms with Crippen LogP contribution in [0.25, 0.3) is 11.3 Å². The van der Waals surface area contributed by atoms with Crippen LogP contribution >= 0.6 is 34.5 Å². The van der Waals surface area contributed by atoms with Gasteiger partial charge in [0.15, 0.2) is 5.13 Å². The van der Waals surface area contributed by atoms with E-state index < -0.39 is 22.5 Å². The van der Waals surface area contributed by atoms with Crippen molar-refractivity contribution in [2.75, 3.05) is 5.73 Å². The Morgan fingerprint density at radius 2 is 1.77 bits per heavy atom. The molecule has 0 aliphatic rings. The van der Waals surface area contributed by atoms with E-state index in [2.05, 4.69) is 4.98 Å². The number of hydrogen-bond donors (Lipinski definition) is 1. The van der Waals surface area contributed by atoms with Gasteiger partial charge in [-0.1, -0.05) is 52.7 Å². The molecule has 134 valence electrons. The minimum Gasteiger partial charge on any atom is -0.375 e. The molecular weight excluding hydrogens is 408 g/mol. The van der Waals surface area contributed by atoms with Crippen LogP contribution < -0.4 is 5.73 Å². The summed E-state index contributed by atoms with van der Waals surface area (Å²) in [5.74, 6) is -0.469. The zero-order valence-corrected chi connectivity index (χ0v) is 15.1. The highest BCUT2D eigenvalue weighted by Crippen LogP contribution is 2.39. The fourth-order valence-electron chi connectivity index (χ4n) is 2.34. The lowest BCUT2D eigenvalue weighted by Gasteiger charge is -2.11. The summed E-state index contributed by atoms with van der Waals surface area (Å²) in [5.41, 5.74) is 5.04. The molecule has 3 rings (SSSR count). The fourth-order valence-corrected chi connectivity index (χ4v) is 3.60. The molecule has 0 unspecified atom stereocenters. The van der Waals surface area contributed by atoms with E-state index in [0.717, 1.165) is 23.5 Å². The molecule has 2 N–H and O–H groups in total. The maximum Gasteiger partial charge on any atom is 0.417 e. The Labute approximate surface area is 160 Å².